The SMILES string of the molecule is NNc1ccc(C(=O)NC(CCC(=O)O)C(=O)CC(CC(=O)O)C(=O)NCC2CCC(C(=O)NC(Cc3ccc4ccccc4c3)C(=O)NCCCCC(NC(=O)NC(CCC(=O)O)C(=O)O)C(=O)O)CC2)cn1. The van der Waals surface area contributed by atoms with E-state index >= 15 is 0 Å². The molecule has 4 rings (SSSR count). The smallest absolute Gasteiger partial charge is 0.326 e. The minimum atomic E-state index is -1.57. The number of carbonyl (C=O) groups excluding carboxylic acids is 6. The number of urea groups is 1. The Balaban J connectivity index is 1.32. The van der Waals surface area contributed by atoms with Gasteiger partial charge in [0, 0.05) is 50.9 Å². The van der Waals surface area contributed by atoms with Crippen molar-refractivity contribution in [3.63, 3.8) is 0 Å². The normalized spacial score (nSPS) is 16.1. The Hall–Kier alpha value is -8.22. The Kier molecular flexibility index (Phi) is 23.1. The maximum absolute atomic E-state index is 13.8. The molecular weight excluding hydrogens is 971 g/mol. The lowest BCUT2D eigenvalue weighted by molar-refractivity contribution is -0.142. The third kappa shape index (κ3) is 19.8. The van der Waals surface area contributed by atoms with E-state index in [1.807, 2.05) is 42.5 Å². The highest BCUT2D eigenvalue weighted by Gasteiger charge is 2.33. The molecule has 0 spiro atoms. The number of unbranched alkanes of at least 4 members (excludes halogenated alkanes) is 1. The molecule has 5 unspecified atom stereocenters. The number of amides is 6. The van der Waals surface area contributed by atoms with Crippen molar-refractivity contribution in [3.05, 3.63) is 71.9 Å². The first-order chi connectivity index (χ1) is 35.2. The fourth-order valence-electron chi connectivity index (χ4n) is 8.36. The fraction of sp³-hybridized carbons (Fsp3) is 0.469. The summed E-state index contributed by atoms with van der Waals surface area (Å²) in [7, 11) is 0. The maximum atomic E-state index is 13.8. The van der Waals surface area contributed by atoms with E-state index < -0.39 is 127 Å². The van der Waals surface area contributed by atoms with Gasteiger partial charge in [0.25, 0.3) is 5.91 Å². The Morgan fingerprint density at radius 2 is 1.26 bits per heavy atom. The number of carbonyl (C=O) groups is 11. The molecule has 3 aromatic rings. The minimum Gasteiger partial charge on any atom is -0.481 e. The number of carboxylic acid groups (broad SMARTS) is 5. The van der Waals surface area contributed by atoms with Gasteiger partial charge in [-0.3, -0.25) is 38.4 Å². The van der Waals surface area contributed by atoms with Crippen LogP contribution >= 0.6 is 0 Å². The number of nitrogens with two attached hydrogens (primary N) is 1. The molecule has 0 bridgehead atoms. The van der Waals surface area contributed by atoms with Gasteiger partial charge in [0.2, 0.25) is 17.7 Å². The summed E-state index contributed by atoms with van der Waals surface area (Å²) < 4.78 is 0. The number of nitrogen functional groups attached to an aromatic ring is 1. The van der Waals surface area contributed by atoms with Crippen molar-refractivity contribution in [2.24, 2.45) is 23.6 Å². The van der Waals surface area contributed by atoms with Crippen LogP contribution in [0, 0.1) is 17.8 Å². The number of rotatable bonds is 31. The fourth-order valence-corrected chi connectivity index (χ4v) is 8.36. The second-order valence-corrected chi connectivity index (χ2v) is 18.0. The van der Waals surface area contributed by atoms with Gasteiger partial charge in [-0.2, -0.15) is 0 Å². The van der Waals surface area contributed by atoms with E-state index in [0.717, 1.165) is 16.3 Å². The van der Waals surface area contributed by atoms with Crippen molar-refractivity contribution in [2.75, 3.05) is 18.5 Å². The van der Waals surface area contributed by atoms with Gasteiger partial charge in [0.1, 0.15) is 23.9 Å². The number of fused-ring (bicyclic) bond motifs is 1. The average Bonchev–Trinajstić information content (AvgIpc) is 3.36. The van der Waals surface area contributed by atoms with Crippen LogP contribution < -0.4 is 43.2 Å². The van der Waals surface area contributed by atoms with Crippen LogP contribution in [0.4, 0.5) is 10.6 Å². The van der Waals surface area contributed by atoms with E-state index in [4.69, 9.17) is 10.9 Å². The van der Waals surface area contributed by atoms with Gasteiger partial charge in [-0.15, -0.1) is 0 Å². The molecule has 14 N–H and O–H groups in total. The van der Waals surface area contributed by atoms with Gasteiger partial charge < -0.3 is 62.9 Å². The lowest BCUT2D eigenvalue weighted by atomic mass is 9.81. The van der Waals surface area contributed by atoms with Crippen molar-refractivity contribution in [2.45, 2.75) is 114 Å². The second-order valence-electron chi connectivity index (χ2n) is 18.0. The van der Waals surface area contributed by atoms with E-state index in [-0.39, 0.29) is 68.4 Å². The number of Topliss-reactive ketones (excluding diaryl/α,β-unsaturated/α-hetero) is 1. The summed E-state index contributed by atoms with van der Waals surface area (Å²) in [4.78, 5) is 141. The number of nitrogens with one attached hydrogen (secondary N) is 7. The largest absolute Gasteiger partial charge is 0.481 e. The standard InChI is InChI=1S/C49H63N9O16/c50-58-39-17-14-32(26-52-39)45(68)54-34(15-18-40(60)61)38(59)23-33(24-42(64)65)43(66)53-25-27-8-12-30(13-9-27)44(67)55-37(22-28-10-11-29-5-1-2-6-31(29)21-28)46(69)51-20-4-3-7-35(47(70)71)56-49(74)57-36(48(72)73)16-19-41(62)63/h1-2,5-6,10-11,14,17,21,26-27,30,33-37H,3-4,7-9,12-13,15-16,18-20,22-25,50H2,(H,51,69)(H,52,58)(H,53,66)(H,54,68)(H,55,67)(H,60,61)(H,62,63)(H,64,65)(H,70,71)(H,72,73)(H2,56,57,74). The maximum Gasteiger partial charge on any atom is 0.326 e. The summed E-state index contributed by atoms with van der Waals surface area (Å²) in [6, 6.07) is 9.52. The van der Waals surface area contributed by atoms with Crippen LogP contribution in [0.1, 0.15) is 99.4 Å². The number of benzene rings is 2. The lowest BCUT2D eigenvalue weighted by Crippen LogP contribution is -2.51. The number of hydrogen-bond acceptors (Lipinski definition) is 14. The molecule has 1 saturated carbocycles. The molecule has 0 aliphatic heterocycles. The van der Waals surface area contributed by atoms with E-state index in [9.17, 15) is 73.2 Å². The number of aliphatic carboxylic acids is 5. The van der Waals surface area contributed by atoms with E-state index in [1.54, 1.807) is 0 Å². The zero-order chi connectivity index (χ0) is 54.3. The number of anilines is 1. The van der Waals surface area contributed by atoms with E-state index in [2.05, 4.69) is 42.3 Å². The number of aromatic nitrogens is 1. The predicted molar refractivity (Wildman–Crippen MR) is 262 cm³/mol. The van der Waals surface area contributed by atoms with Crippen LogP contribution in [0.15, 0.2) is 60.8 Å². The van der Waals surface area contributed by atoms with Gasteiger partial charge in [-0.05, 0) is 92.2 Å². The molecule has 25 nitrogen and oxygen atoms in total. The molecule has 0 radical (unpaired) electrons. The molecule has 25 heteroatoms. The Labute approximate surface area is 424 Å². The first-order valence-corrected chi connectivity index (χ1v) is 24.0. The Morgan fingerprint density at radius 3 is 1.85 bits per heavy atom. The third-order valence-electron chi connectivity index (χ3n) is 12.5. The molecule has 74 heavy (non-hydrogen) atoms. The van der Waals surface area contributed by atoms with Crippen LogP contribution in [-0.2, 0) is 49.6 Å². The number of pyridine rings is 1. The van der Waals surface area contributed by atoms with Crippen LogP contribution in [0.25, 0.3) is 10.8 Å². The first kappa shape index (κ1) is 58.4. The van der Waals surface area contributed by atoms with Gasteiger partial charge >= 0.3 is 35.9 Å². The Bertz CT molecular complexity index is 2500. The molecule has 1 aromatic heterocycles. The molecule has 0 saturated heterocycles. The monoisotopic (exact) mass is 1030 g/mol. The molecule has 1 heterocycles. The number of ketones is 1. The van der Waals surface area contributed by atoms with Crippen molar-refractivity contribution >= 4 is 81.9 Å². The van der Waals surface area contributed by atoms with Gasteiger partial charge in [-0.25, -0.2) is 25.2 Å². The summed E-state index contributed by atoms with van der Waals surface area (Å²) >= 11 is 0. The lowest BCUT2D eigenvalue weighted by Gasteiger charge is -2.29. The average molecular weight is 1030 g/mol. The summed E-state index contributed by atoms with van der Waals surface area (Å²) in [5.41, 5.74) is 3.09. The zero-order valence-corrected chi connectivity index (χ0v) is 40.4. The van der Waals surface area contributed by atoms with Gasteiger partial charge in [0.15, 0.2) is 5.78 Å². The second kappa shape index (κ2) is 29.3. The summed E-state index contributed by atoms with van der Waals surface area (Å²) in [6.45, 7) is 0.166. The van der Waals surface area contributed by atoms with Crippen LogP contribution in [0.2, 0.25) is 0 Å². The number of hydrogen-bond donors (Lipinski definition) is 13. The molecule has 6 amide bonds. The highest BCUT2D eigenvalue weighted by atomic mass is 16.4. The molecule has 1 aliphatic rings. The number of carboxylic acids is 5. The predicted octanol–water partition coefficient (Wildman–Crippen LogP) is 1.54. The zero-order valence-electron chi connectivity index (χ0n) is 40.4. The quantitative estimate of drug-likeness (QED) is 0.0247. The Morgan fingerprint density at radius 1 is 0.622 bits per heavy atom. The van der Waals surface area contributed by atoms with Crippen LogP contribution in [-0.4, -0.2) is 133 Å². The highest BCUT2D eigenvalue weighted by molar-refractivity contribution is 5.99. The minimum absolute atomic E-state index is 0.0302. The van der Waals surface area contributed by atoms with E-state index in [0.29, 0.717) is 25.7 Å². The number of nitrogens with zero attached hydrogens (tertiary/aromatic N) is 1. The van der Waals surface area contributed by atoms with Gasteiger partial charge in [-0.1, -0.05) is 42.5 Å². The molecule has 2 aromatic carbocycles. The van der Waals surface area contributed by atoms with Gasteiger partial charge in [0.05, 0.1) is 23.9 Å². The third-order valence-corrected chi connectivity index (χ3v) is 12.5. The van der Waals surface area contributed by atoms with E-state index in [1.165, 1.54) is 18.3 Å². The first-order valence-electron chi connectivity index (χ1n) is 24.0. The summed E-state index contributed by atoms with van der Waals surface area (Å²) in [5.74, 6) is -6.34. The molecule has 5 atom stereocenters. The van der Waals surface area contributed by atoms with Crippen LogP contribution in [0.3, 0.4) is 0 Å². The summed E-state index contributed by atoms with van der Waals surface area (Å²) in [5, 5.41) is 63.7. The topological polar surface area (TPSA) is 412 Å². The van der Waals surface area contributed by atoms with Crippen molar-refractivity contribution in [3.8, 4) is 0 Å². The molecule has 1 fully saturated rings. The molecule has 1 aliphatic carbocycles. The molecule has 400 valence electrons. The van der Waals surface area contributed by atoms with Crippen molar-refractivity contribution in [1.29, 1.82) is 0 Å². The van der Waals surface area contributed by atoms with Crippen molar-refractivity contribution < 1.29 is 78.3 Å². The van der Waals surface area contributed by atoms with Crippen LogP contribution in [0.5, 0.6) is 0 Å². The molecular formula is C49H63N9O16. The van der Waals surface area contributed by atoms with Crippen molar-refractivity contribution in [1.82, 2.24) is 36.9 Å². The highest BCUT2D eigenvalue weighted by Crippen LogP contribution is 2.29. The summed E-state index contributed by atoms with van der Waals surface area (Å²) in [6.07, 6.45) is 0.228. The number of hydrazine groups is 1.